The number of imidazole rings is 1. The second-order valence-corrected chi connectivity index (χ2v) is 7.29. The highest BCUT2D eigenvalue weighted by Crippen LogP contribution is 2.43. The summed E-state index contributed by atoms with van der Waals surface area (Å²) in [7, 11) is 0. The number of rotatable bonds is 5. The zero-order valence-corrected chi connectivity index (χ0v) is 13.7. The van der Waals surface area contributed by atoms with Crippen LogP contribution in [0.25, 0.3) is 0 Å². The second kappa shape index (κ2) is 5.88. The van der Waals surface area contributed by atoms with Crippen molar-refractivity contribution < 1.29 is 0 Å². The van der Waals surface area contributed by atoms with Crippen LogP contribution in [-0.4, -0.2) is 15.1 Å². The van der Waals surface area contributed by atoms with E-state index in [4.69, 9.17) is 5.73 Å². The standard InChI is InChI=1S/C17H31N3/c1-5-16(3,4)14-7-9-17(18,10-8-14)13-15-19-11-12-20(15)6-2/h11-12,14H,5-10,13,18H2,1-4H3. The van der Waals surface area contributed by atoms with E-state index in [1.165, 1.54) is 19.3 Å². The van der Waals surface area contributed by atoms with Crippen LogP contribution in [0.1, 0.15) is 65.6 Å². The predicted molar refractivity (Wildman–Crippen MR) is 84.6 cm³/mol. The summed E-state index contributed by atoms with van der Waals surface area (Å²) < 4.78 is 2.22. The van der Waals surface area contributed by atoms with Gasteiger partial charge in [0, 0.05) is 30.9 Å². The van der Waals surface area contributed by atoms with Crippen LogP contribution < -0.4 is 5.73 Å². The predicted octanol–water partition coefficient (Wildman–Crippen LogP) is 3.77. The van der Waals surface area contributed by atoms with Crippen LogP contribution in [0.3, 0.4) is 0 Å². The van der Waals surface area contributed by atoms with E-state index in [-0.39, 0.29) is 5.54 Å². The van der Waals surface area contributed by atoms with Crippen molar-refractivity contribution in [3.05, 3.63) is 18.2 Å². The first-order chi connectivity index (χ1) is 9.40. The molecule has 0 atom stereocenters. The lowest BCUT2D eigenvalue weighted by Gasteiger charge is -2.43. The molecule has 0 amide bonds. The van der Waals surface area contributed by atoms with Gasteiger partial charge in [-0.3, -0.25) is 0 Å². The molecule has 2 N–H and O–H groups in total. The van der Waals surface area contributed by atoms with Gasteiger partial charge in [-0.25, -0.2) is 4.98 Å². The largest absolute Gasteiger partial charge is 0.335 e. The van der Waals surface area contributed by atoms with Crippen LogP contribution >= 0.6 is 0 Å². The fourth-order valence-electron chi connectivity index (χ4n) is 3.55. The van der Waals surface area contributed by atoms with E-state index in [1.54, 1.807) is 0 Å². The molecule has 20 heavy (non-hydrogen) atoms. The van der Waals surface area contributed by atoms with E-state index in [2.05, 4.69) is 43.4 Å². The van der Waals surface area contributed by atoms with Crippen molar-refractivity contribution in [3.63, 3.8) is 0 Å². The SMILES string of the molecule is CCn1ccnc1CC1(N)CCC(C(C)(C)CC)CC1. The Morgan fingerprint density at radius 1 is 1.35 bits per heavy atom. The molecule has 2 rings (SSSR count). The summed E-state index contributed by atoms with van der Waals surface area (Å²) >= 11 is 0. The molecule has 1 fully saturated rings. The van der Waals surface area contributed by atoms with Gasteiger partial charge in [-0.1, -0.05) is 27.2 Å². The minimum absolute atomic E-state index is 0.0431. The lowest BCUT2D eigenvalue weighted by molar-refractivity contribution is 0.114. The van der Waals surface area contributed by atoms with Crippen molar-refractivity contribution >= 4 is 0 Å². The topological polar surface area (TPSA) is 43.8 Å². The van der Waals surface area contributed by atoms with Crippen molar-refractivity contribution in [2.24, 2.45) is 17.1 Å². The van der Waals surface area contributed by atoms with Crippen LogP contribution in [0.2, 0.25) is 0 Å². The van der Waals surface area contributed by atoms with E-state index in [0.29, 0.717) is 5.41 Å². The summed E-state index contributed by atoms with van der Waals surface area (Å²) in [6, 6.07) is 0. The van der Waals surface area contributed by atoms with Crippen molar-refractivity contribution in [2.45, 2.75) is 78.3 Å². The Bertz CT molecular complexity index is 425. The molecule has 0 unspecified atom stereocenters. The second-order valence-electron chi connectivity index (χ2n) is 7.29. The number of hydrogen-bond donors (Lipinski definition) is 1. The number of aromatic nitrogens is 2. The highest BCUT2D eigenvalue weighted by Gasteiger charge is 2.37. The van der Waals surface area contributed by atoms with Crippen molar-refractivity contribution in [2.75, 3.05) is 0 Å². The van der Waals surface area contributed by atoms with Gasteiger partial charge in [0.25, 0.3) is 0 Å². The molecular formula is C17H31N3. The molecule has 0 aliphatic heterocycles. The molecule has 3 nitrogen and oxygen atoms in total. The highest BCUT2D eigenvalue weighted by molar-refractivity contribution is 5.03. The molecule has 114 valence electrons. The molecular weight excluding hydrogens is 246 g/mol. The van der Waals surface area contributed by atoms with E-state index in [0.717, 1.165) is 37.5 Å². The average Bonchev–Trinajstić information content (AvgIpc) is 2.85. The van der Waals surface area contributed by atoms with Gasteiger partial charge >= 0.3 is 0 Å². The summed E-state index contributed by atoms with van der Waals surface area (Å²) in [5.74, 6) is 1.98. The number of nitrogens with two attached hydrogens (primary N) is 1. The lowest BCUT2D eigenvalue weighted by Crippen LogP contribution is -2.47. The lowest BCUT2D eigenvalue weighted by atomic mass is 9.65. The minimum Gasteiger partial charge on any atom is -0.335 e. The molecule has 1 aromatic rings. The Balaban J connectivity index is 1.98. The van der Waals surface area contributed by atoms with Gasteiger partial charge in [0.05, 0.1) is 0 Å². The third-order valence-corrected chi connectivity index (χ3v) is 5.65. The van der Waals surface area contributed by atoms with Crippen LogP contribution in [-0.2, 0) is 13.0 Å². The Morgan fingerprint density at radius 3 is 2.55 bits per heavy atom. The number of nitrogens with zero attached hydrogens (tertiary/aromatic N) is 2. The highest BCUT2D eigenvalue weighted by atomic mass is 15.1. The molecule has 0 saturated heterocycles. The molecule has 0 radical (unpaired) electrons. The molecule has 3 heteroatoms. The Hall–Kier alpha value is -0.830. The fourth-order valence-corrected chi connectivity index (χ4v) is 3.55. The zero-order chi connectivity index (χ0) is 14.8. The molecule has 1 aliphatic carbocycles. The van der Waals surface area contributed by atoms with E-state index < -0.39 is 0 Å². The quantitative estimate of drug-likeness (QED) is 0.890. The van der Waals surface area contributed by atoms with Gasteiger partial charge in [0.2, 0.25) is 0 Å². The maximum absolute atomic E-state index is 6.67. The maximum Gasteiger partial charge on any atom is 0.110 e. The summed E-state index contributed by atoms with van der Waals surface area (Å²) in [5, 5.41) is 0. The van der Waals surface area contributed by atoms with Crippen molar-refractivity contribution in [3.8, 4) is 0 Å². The third-order valence-electron chi connectivity index (χ3n) is 5.65. The summed E-state index contributed by atoms with van der Waals surface area (Å²) in [5.41, 5.74) is 7.09. The Kier molecular flexibility index (Phi) is 4.58. The van der Waals surface area contributed by atoms with Crippen LogP contribution in [0.5, 0.6) is 0 Å². The normalized spacial score (nSPS) is 27.8. The van der Waals surface area contributed by atoms with Crippen molar-refractivity contribution in [1.29, 1.82) is 0 Å². The summed E-state index contributed by atoms with van der Waals surface area (Å²) in [4.78, 5) is 4.49. The Labute approximate surface area is 124 Å². The van der Waals surface area contributed by atoms with Crippen LogP contribution in [0.4, 0.5) is 0 Å². The molecule has 0 aromatic carbocycles. The van der Waals surface area contributed by atoms with E-state index in [9.17, 15) is 0 Å². The number of aryl methyl sites for hydroxylation is 1. The van der Waals surface area contributed by atoms with Gasteiger partial charge in [-0.15, -0.1) is 0 Å². The van der Waals surface area contributed by atoms with Crippen LogP contribution in [0, 0.1) is 11.3 Å². The van der Waals surface area contributed by atoms with Crippen molar-refractivity contribution in [1.82, 2.24) is 9.55 Å². The van der Waals surface area contributed by atoms with Gasteiger partial charge in [0.15, 0.2) is 0 Å². The summed E-state index contributed by atoms with van der Waals surface area (Å²) in [6.07, 6.45) is 10.9. The molecule has 0 spiro atoms. The molecule has 0 bridgehead atoms. The van der Waals surface area contributed by atoms with Gasteiger partial charge < -0.3 is 10.3 Å². The third kappa shape index (κ3) is 3.25. The minimum atomic E-state index is -0.0431. The molecule has 1 heterocycles. The monoisotopic (exact) mass is 277 g/mol. The van der Waals surface area contributed by atoms with Gasteiger partial charge in [0.1, 0.15) is 5.82 Å². The first kappa shape index (κ1) is 15.6. The first-order valence-corrected chi connectivity index (χ1v) is 8.19. The Morgan fingerprint density at radius 2 is 2.00 bits per heavy atom. The van der Waals surface area contributed by atoms with Gasteiger partial charge in [-0.2, -0.15) is 0 Å². The molecule has 1 aliphatic rings. The van der Waals surface area contributed by atoms with E-state index >= 15 is 0 Å². The smallest absolute Gasteiger partial charge is 0.110 e. The van der Waals surface area contributed by atoms with Gasteiger partial charge in [-0.05, 0) is 43.9 Å². The molecule has 1 aromatic heterocycles. The van der Waals surface area contributed by atoms with E-state index in [1.807, 2.05) is 6.20 Å². The average molecular weight is 277 g/mol. The molecule has 1 saturated carbocycles. The fraction of sp³-hybridized carbons (Fsp3) is 0.824. The number of hydrogen-bond acceptors (Lipinski definition) is 2. The first-order valence-electron chi connectivity index (χ1n) is 8.19. The maximum atomic E-state index is 6.67. The van der Waals surface area contributed by atoms with Crippen LogP contribution in [0.15, 0.2) is 12.4 Å². The summed E-state index contributed by atoms with van der Waals surface area (Å²) in [6.45, 7) is 10.3. The zero-order valence-electron chi connectivity index (χ0n) is 13.7.